The molecule has 190 valence electrons. The third-order valence-corrected chi connectivity index (χ3v) is 5.36. The van der Waals surface area contributed by atoms with Crippen molar-refractivity contribution in [3.63, 3.8) is 0 Å². The monoisotopic (exact) mass is 526 g/mol. The Hall–Kier alpha value is -3.04. The molecule has 0 saturated carbocycles. The van der Waals surface area contributed by atoms with Crippen LogP contribution in [0.5, 0.6) is 17.2 Å². The maximum absolute atomic E-state index is 12.8. The Balaban J connectivity index is 2.12. The summed E-state index contributed by atoms with van der Waals surface area (Å²) < 4.78 is 21.8. The number of nitrogens with one attached hydrogen (secondary N) is 1. The molecular formula is C24H28Cl2N2O7. The maximum atomic E-state index is 12.8. The van der Waals surface area contributed by atoms with Gasteiger partial charge in [0.25, 0.3) is 5.91 Å². The number of nitrogens with zero attached hydrogens (tertiary/aromatic N) is 1. The number of hydrogen-bond acceptors (Lipinski definition) is 8. The summed E-state index contributed by atoms with van der Waals surface area (Å²) >= 11 is 12.1. The van der Waals surface area contributed by atoms with Crippen LogP contribution < -0.4 is 19.5 Å². The molecule has 1 heterocycles. The van der Waals surface area contributed by atoms with Gasteiger partial charge in [-0.2, -0.15) is 0 Å². The average molecular weight is 527 g/mol. The fourth-order valence-corrected chi connectivity index (χ4v) is 3.62. The lowest BCUT2D eigenvalue weighted by Crippen LogP contribution is -2.45. The van der Waals surface area contributed by atoms with E-state index >= 15 is 0 Å². The van der Waals surface area contributed by atoms with Gasteiger partial charge < -0.3 is 24.3 Å². The van der Waals surface area contributed by atoms with Crippen LogP contribution in [0.2, 0.25) is 10.0 Å². The Kier molecular flexibility index (Phi) is 10.2. The fourth-order valence-electron chi connectivity index (χ4n) is 3.17. The summed E-state index contributed by atoms with van der Waals surface area (Å²) in [5, 5.41) is 3.30. The van der Waals surface area contributed by atoms with Gasteiger partial charge in [0.05, 0.1) is 12.1 Å². The van der Waals surface area contributed by atoms with Gasteiger partial charge in [-0.1, -0.05) is 37.0 Å². The highest BCUT2D eigenvalue weighted by Gasteiger charge is 2.31. The van der Waals surface area contributed by atoms with Gasteiger partial charge in [-0.15, -0.1) is 0 Å². The summed E-state index contributed by atoms with van der Waals surface area (Å²) in [7, 11) is 1.36. The summed E-state index contributed by atoms with van der Waals surface area (Å²) in [6.07, 6.45) is 0.107. The van der Waals surface area contributed by atoms with E-state index in [4.69, 9.17) is 42.1 Å². The molecule has 0 aliphatic rings. The SMILES string of the molecule is COc1ccnc(C(=O)N[C@@H](C)C(=O)OC(C(C)C)[C@H](C)Oc2ccc(Cl)cc2Cl)c1OC(C)=O. The predicted molar refractivity (Wildman–Crippen MR) is 130 cm³/mol. The molecule has 0 spiro atoms. The molecule has 1 amide bonds. The Labute approximate surface area is 214 Å². The van der Waals surface area contributed by atoms with E-state index in [-0.39, 0.29) is 23.1 Å². The largest absolute Gasteiger partial charge is 0.493 e. The molecule has 0 fully saturated rings. The van der Waals surface area contributed by atoms with Crippen molar-refractivity contribution in [3.8, 4) is 17.2 Å². The quantitative estimate of drug-likeness (QED) is 0.451. The van der Waals surface area contributed by atoms with Crippen molar-refractivity contribution in [2.45, 2.75) is 52.9 Å². The van der Waals surface area contributed by atoms with Crippen LogP contribution in [0.15, 0.2) is 30.5 Å². The first-order chi connectivity index (χ1) is 16.4. The maximum Gasteiger partial charge on any atom is 0.328 e. The molecule has 2 aromatic rings. The molecule has 1 aromatic heterocycles. The average Bonchev–Trinajstić information content (AvgIpc) is 2.78. The van der Waals surface area contributed by atoms with Gasteiger partial charge in [-0.3, -0.25) is 9.59 Å². The molecule has 0 bridgehead atoms. The van der Waals surface area contributed by atoms with Crippen molar-refractivity contribution >= 4 is 41.0 Å². The first kappa shape index (κ1) is 28.2. The van der Waals surface area contributed by atoms with Crippen molar-refractivity contribution in [2.24, 2.45) is 5.92 Å². The molecule has 1 unspecified atom stereocenters. The van der Waals surface area contributed by atoms with Gasteiger partial charge in [0.15, 0.2) is 11.4 Å². The van der Waals surface area contributed by atoms with Crippen LogP contribution >= 0.6 is 23.2 Å². The molecular weight excluding hydrogens is 499 g/mol. The third kappa shape index (κ3) is 7.73. The summed E-state index contributed by atoms with van der Waals surface area (Å²) in [6, 6.07) is 5.21. The number of benzene rings is 1. The topological polar surface area (TPSA) is 113 Å². The Morgan fingerprint density at radius 3 is 2.29 bits per heavy atom. The summed E-state index contributed by atoms with van der Waals surface area (Å²) in [5.41, 5.74) is -0.214. The van der Waals surface area contributed by atoms with Crippen LogP contribution in [-0.4, -0.2) is 48.2 Å². The number of rotatable bonds is 10. The number of methoxy groups -OCH3 is 1. The smallest absolute Gasteiger partial charge is 0.328 e. The number of carbonyl (C=O) groups excluding carboxylic acids is 3. The van der Waals surface area contributed by atoms with Gasteiger partial charge in [-0.25, -0.2) is 9.78 Å². The second kappa shape index (κ2) is 12.6. The molecule has 1 aromatic carbocycles. The minimum absolute atomic E-state index is 0.112. The third-order valence-electron chi connectivity index (χ3n) is 4.83. The normalized spacial score (nSPS) is 13.4. The van der Waals surface area contributed by atoms with E-state index in [0.717, 1.165) is 0 Å². The van der Waals surface area contributed by atoms with Crippen molar-refractivity contribution in [1.82, 2.24) is 10.3 Å². The van der Waals surface area contributed by atoms with Gasteiger partial charge in [0, 0.05) is 24.2 Å². The molecule has 0 saturated heterocycles. The first-order valence-corrected chi connectivity index (χ1v) is 11.5. The number of ether oxygens (including phenoxy) is 4. The summed E-state index contributed by atoms with van der Waals surface area (Å²) in [5.74, 6) is -1.82. The minimum atomic E-state index is -1.05. The minimum Gasteiger partial charge on any atom is -0.493 e. The molecule has 0 aliphatic carbocycles. The van der Waals surface area contributed by atoms with E-state index in [1.165, 1.54) is 33.2 Å². The number of amides is 1. The van der Waals surface area contributed by atoms with Crippen LogP contribution in [0.3, 0.4) is 0 Å². The lowest BCUT2D eigenvalue weighted by Gasteiger charge is -2.29. The molecule has 0 aliphatic heterocycles. The van der Waals surface area contributed by atoms with Crippen LogP contribution in [0, 0.1) is 5.92 Å². The molecule has 3 atom stereocenters. The van der Waals surface area contributed by atoms with E-state index in [1.807, 2.05) is 13.8 Å². The van der Waals surface area contributed by atoms with Crippen molar-refractivity contribution in [3.05, 3.63) is 46.2 Å². The molecule has 11 heteroatoms. The Morgan fingerprint density at radius 2 is 1.71 bits per heavy atom. The summed E-state index contributed by atoms with van der Waals surface area (Å²) in [6.45, 7) is 8.13. The number of hydrogen-bond donors (Lipinski definition) is 1. The highest BCUT2D eigenvalue weighted by molar-refractivity contribution is 6.35. The zero-order chi connectivity index (χ0) is 26.3. The highest BCUT2D eigenvalue weighted by Crippen LogP contribution is 2.31. The fraction of sp³-hybridized carbons (Fsp3) is 0.417. The van der Waals surface area contributed by atoms with Gasteiger partial charge >= 0.3 is 11.9 Å². The molecule has 9 nitrogen and oxygen atoms in total. The summed E-state index contributed by atoms with van der Waals surface area (Å²) in [4.78, 5) is 41.1. The van der Waals surface area contributed by atoms with E-state index < -0.39 is 36.1 Å². The van der Waals surface area contributed by atoms with Crippen LogP contribution in [0.25, 0.3) is 0 Å². The van der Waals surface area contributed by atoms with Crippen molar-refractivity contribution in [1.29, 1.82) is 0 Å². The van der Waals surface area contributed by atoms with Gasteiger partial charge in [0.2, 0.25) is 5.75 Å². The zero-order valence-electron chi connectivity index (χ0n) is 20.3. The predicted octanol–water partition coefficient (Wildman–Crippen LogP) is 4.48. The molecule has 1 N–H and O–H groups in total. The van der Waals surface area contributed by atoms with E-state index in [9.17, 15) is 14.4 Å². The highest BCUT2D eigenvalue weighted by atomic mass is 35.5. The Morgan fingerprint density at radius 1 is 1.03 bits per heavy atom. The first-order valence-electron chi connectivity index (χ1n) is 10.8. The standard InChI is InChI=1S/C24H28Cl2N2O7/c1-12(2)21(14(4)33-18-8-7-16(25)11-17(18)26)35-24(31)13(3)28-23(30)20-22(34-15(5)29)19(32-6)9-10-27-20/h7-14,21H,1-6H3,(H,28,30)/t13-,14-,21?/m0/s1. The molecule has 35 heavy (non-hydrogen) atoms. The van der Waals surface area contributed by atoms with E-state index in [1.54, 1.807) is 25.1 Å². The Bertz CT molecular complexity index is 1080. The number of carbonyl (C=O) groups is 3. The van der Waals surface area contributed by atoms with E-state index in [2.05, 4.69) is 10.3 Å². The second-order valence-electron chi connectivity index (χ2n) is 8.02. The number of pyridine rings is 1. The van der Waals surface area contributed by atoms with Crippen LogP contribution in [0.4, 0.5) is 0 Å². The molecule has 2 rings (SSSR count). The van der Waals surface area contributed by atoms with Crippen LogP contribution in [0.1, 0.15) is 45.1 Å². The lowest BCUT2D eigenvalue weighted by atomic mass is 10.0. The second-order valence-corrected chi connectivity index (χ2v) is 8.87. The van der Waals surface area contributed by atoms with Crippen molar-refractivity contribution in [2.75, 3.05) is 7.11 Å². The van der Waals surface area contributed by atoms with Gasteiger partial charge in [0.1, 0.15) is 24.0 Å². The lowest BCUT2D eigenvalue weighted by molar-refractivity contribution is -0.158. The number of esters is 2. The van der Waals surface area contributed by atoms with E-state index in [0.29, 0.717) is 15.8 Å². The zero-order valence-corrected chi connectivity index (χ0v) is 21.8. The number of aromatic nitrogens is 1. The van der Waals surface area contributed by atoms with Crippen molar-refractivity contribution < 1.29 is 33.3 Å². The van der Waals surface area contributed by atoms with Gasteiger partial charge in [-0.05, 0) is 38.0 Å². The number of halogens is 2. The molecule has 0 radical (unpaired) electrons. The van der Waals surface area contributed by atoms with Crippen LogP contribution in [-0.2, 0) is 14.3 Å².